The van der Waals surface area contributed by atoms with Crippen molar-refractivity contribution in [1.82, 2.24) is 0 Å². The quantitative estimate of drug-likeness (QED) is 0.0213. The highest BCUT2D eigenvalue weighted by Crippen LogP contribution is 2.43. The van der Waals surface area contributed by atoms with Gasteiger partial charge in [0.15, 0.2) is 6.10 Å². The fraction of sp³-hybridized carbons (Fsp3) is 0.680. The van der Waals surface area contributed by atoms with Crippen LogP contribution in [0.15, 0.2) is 85.1 Å². The van der Waals surface area contributed by atoms with Crippen molar-refractivity contribution in [2.75, 3.05) is 47.5 Å². The lowest BCUT2D eigenvalue weighted by Gasteiger charge is -2.24. The molecule has 0 bridgehead atoms. The molecule has 0 aliphatic carbocycles. The van der Waals surface area contributed by atoms with Gasteiger partial charge < -0.3 is 18.9 Å². The molecule has 2 atom stereocenters. The second kappa shape index (κ2) is 41.5. The molecule has 0 saturated heterocycles. The molecule has 0 spiro atoms. The summed E-state index contributed by atoms with van der Waals surface area (Å²) in [7, 11) is 1.42. The Morgan fingerprint density at radius 1 is 0.533 bits per heavy atom. The van der Waals surface area contributed by atoms with E-state index in [1.54, 1.807) is 0 Å². The van der Waals surface area contributed by atoms with E-state index in [0.29, 0.717) is 23.9 Å². The molecular weight excluding hydrogens is 774 g/mol. The van der Waals surface area contributed by atoms with Crippen molar-refractivity contribution in [2.45, 2.75) is 174 Å². The standard InChI is InChI=1S/C50H86NO8P/c1-6-8-10-12-14-16-18-20-22-24-25-27-28-30-32-34-36-38-40-42-49(52)56-46-48(47-58-60(54,55)57-45-44-51(3,4)5)59-50(53)43-41-39-37-35-33-31-29-26-23-21-19-17-15-13-11-9-7-2/h8,10,14,16,20,22,25,27,29-32,35,37,48H,6-7,9,11-13,15,17-19,21,23-24,26,28,33-34,36,38-47H2,1-5H3/p+1/b10-8+,16-14+,22-20+,27-25+,31-29+,32-30+,37-35+/t48-/m1/s1. The average Bonchev–Trinajstić information content (AvgIpc) is 3.20. The van der Waals surface area contributed by atoms with Crippen molar-refractivity contribution < 1.29 is 42.1 Å². The number of ether oxygens (including phenoxy) is 2. The molecule has 9 nitrogen and oxygen atoms in total. The fourth-order valence-electron chi connectivity index (χ4n) is 5.78. The summed E-state index contributed by atoms with van der Waals surface area (Å²) in [4.78, 5) is 35.4. The van der Waals surface area contributed by atoms with Gasteiger partial charge in [-0.2, -0.15) is 0 Å². The van der Waals surface area contributed by atoms with Gasteiger partial charge in [-0.05, 0) is 83.5 Å². The first-order valence-electron chi connectivity index (χ1n) is 23.3. The van der Waals surface area contributed by atoms with Crippen molar-refractivity contribution in [1.29, 1.82) is 0 Å². The fourth-order valence-corrected chi connectivity index (χ4v) is 6.53. The Kier molecular flexibility index (Phi) is 39.6. The second-order valence-electron chi connectivity index (χ2n) is 16.4. The van der Waals surface area contributed by atoms with E-state index in [4.69, 9.17) is 18.5 Å². The first-order valence-corrected chi connectivity index (χ1v) is 24.8. The molecule has 0 radical (unpaired) electrons. The first-order chi connectivity index (χ1) is 29.0. The van der Waals surface area contributed by atoms with Crippen molar-refractivity contribution in [3.63, 3.8) is 0 Å². The third kappa shape index (κ3) is 44.7. The molecule has 0 aliphatic heterocycles. The van der Waals surface area contributed by atoms with Gasteiger partial charge in [-0.25, -0.2) is 4.57 Å². The van der Waals surface area contributed by atoms with E-state index in [-0.39, 0.29) is 26.1 Å². The van der Waals surface area contributed by atoms with Crippen molar-refractivity contribution in [3.05, 3.63) is 85.1 Å². The zero-order chi connectivity index (χ0) is 44.3. The lowest BCUT2D eigenvalue weighted by molar-refractivity contribution is -0.870. The van der Waals surface area contributed by atoms with Crippen LogP contribution < -0.4 is 0 Å². The Labute approximate surface area is 367 Å². The summed E-state index contributed by atoms with van der Waals surface area (Å²) < 4.78 is 34.3. The summed E-state index contributed by atoms with van der Waals surface area (Å²) in [6, 6.07) is 0. The third-order valence-corrected chi connectivity index (χ3v) is 10.4. The third-order valence-electron chi connectivity index (χ3n) is 9.41. The Morgan fingerprint density at radius 3 is 1.47 bits per heavy atom. The van der Waals surface area contributed by atoms with E-state index < -0.39 is 32.5 Å². The number of carbonyl (C=O) groups excluding carboxylic acids is 2. The molecule has 344 valence electrons. The molecular formula is C50H87NO8P+. The maximum Gasteiger partial charge on any atom is 0.472 e. The van der Waals surface area contributed by atoms with Crippen LogP contribution in [0, 0.1) is 0 Å². The Bertz CT molecular complexity index is 1290. The molecule has 60 heavy (non-hydrogen) atoms. The van der Waals surface area contributed by atoms with Crippen LogP contribution in [-0.2, 0) is 32.7 Å². The number of quaternary nitrogens is 1. The average molecular weight is 861 g/mol. The largest absolute Gasteiger partial charge is 0.472 e. The van der Waals surface area contributed by atoms with Gasteiger partial charge in [0, 0.05) is 12.8 Å². The minimum Gasteiger partial charge on any atom is -0.462 e. The monoisotopic (exact) mass is 861 g/mol. The molecule has 0 amide bonds. The number of phosphoric acid groups is 1. The number of rotatable bonds is 41. The van der Waals surface area contributed by atoms with Gasteiger partial charge in [0.25, 0.3) is 0 Å². The number of likely N-dealkylation sites (N-methyl/N-ethyl adjacent to an activating group) is 1. The van der Waals surface area contributed by atoms with E-state index in [9.17, 15) is 19.0 Å². The Balaban J connectivity index is 4.47. The molecule has 0 saturated carbocycles. The predicted molar refractivity (Wildman–Crippen MR) is 252 cm³/mol. The van der Waals surface area contributed by atoms with E-state index >= 15 is 0 Å². The van der Waals surface area contributed by atoms with E-state index in [1.165, 1.54) is 57.8 Å². The van der Waals surface area contributed by atoms with Gasteiger partial charge in [0.2, 0.25) is 0 Å². The van der Waals surface area contributed by atoms with Gasteiger partial charge in [0.1, 0.15) is 19.8 Å². The number of carbonyl (C=O) groups is 2. The van der Waals surface area contributed by atoms with Gasteiger partial charge in [0.05, 0.1) is 27.7 Å². The second-order valence-corrected chi connectivity index (χ2v) is 17.9. The van der Waals surface area contributed by atoms with Crippen LogP contribution >= 0.6 is 7.82 Å². The smallest absolute Gasteiger partial charge is 0.462 e. The summed E-state index contributed by atoms with van der Waals surface area (Å²) in [5.74, 6) is -0.896. The van der Waals surface area contributed by atoms with Crippen molar-refractivity contribution >= 4 is 19.8 Å². The molecule has 0 aromatic carbocycles. The summed E-state index contributed by atoms with van der Waals surface area (Å²) in [5.41, 5.74) is 0. The summed E-state index contributed by atoms with van der Waals surface area (Å²) >= 11 is 0. The summed E-state index contributed by atoms with van der Waals surface area (Å²) in [5, 5.41) is 0. The number of allylic oxidation sites excluding steroid dienone is 14. The van der Waals surface area contributed by atoms with Gasteiger partial charge in [-0.3, -0.25) is 18.6 Å². The summed E-state index contributed by atoms with van der Waals surface area (Å²) in [6.45, 7) is 4.21. The first kappa shape index (κ1) is 57.2. The predicted octanol–water partition coefficient (Wildman–Crippen LogP) is 13.6. The normalized spacial score (nSPS) is 14.3. The highest BCUT2D eigenvalue weighted by molar-refractivity contribution is 7.47. The zero-order valence-corrected chi connectivity index (χ0v) is 39.6. The minimum absolute atomic E-state index is 0.0143. The number of esters is 2. The van der Waals surface area contributed by atoms with Crippen LogP contribution in [-0.4, -0.2) is 74.9 Å². The Hall–Kier alpha value is -2.81. The van der Waals surface area contributed by atoms with Crippen molar-refractivity contribution in [2.24, 2.45) is 0 Å². The topological polar surface area (TPSA) is 108 Å². The maximum absolute atomic E-state index is 12.7. The molecule has 0 fully saturated rings. The van der Waals surface area contributed by atoms with E-state index in [0.717, 1.165) is 70.6 Å². The van der Waals surface area contributed by atoms with E-state index in [2.05, 4.69) is 98.9 Å². The van der Waals surface area contributed by atoms with E-state index in [1.807, 2.05) is 21.1 Å². The molecule has 0 rings (SSSR count). The highest BCUT2D eigenvalue weighted by atomic mass is 31.2. The molecule has 0 heterocycles. The van der Waals surface area contributed by atoms with Crippen LogP contribution in [0.5, 0.6) is 0 Å². The maximum atomic E-state index is 12.7. The number of hydrogen-bond acceptors (Lipinski definition) is 7. The van der Waals surface area contributed by atoms with Crippen LogP contribution in [0.1, 0.15) is 168 Å². The highest BCUT2D eigenvalue weighted by Gasteiger charge is 2.27. The molecule has 1 N–H and O–H groups in total. The van der Waals surface area contributed by atoms with Crippen molar-refractivity contribution in [3.8, 4) is 0 Å². The molecule has 0 aromatic heterocycles. The number of unbranched alkanes of at least 4 members (excludes halogenated alkanes) is 13. The number of phosphoric ester groups is 1. The number of nitrogens with zero attached hydrogens (tertiary/aromatic N) is 1. The lowest BCUT2D eigenvalue weighted by Crippen LogP contribution is -2.37. The molecule has 10 heteroatoms. The molecule has 0 aliphatic rings. The van der Waals surface area contributed by atoms with Gasteiger partial charge >= 0.3 is 19.8 Å². The van der Waals surface area contributed by atoms with Crippen LogP contribution in [0.4, 0.5) is 0 Å². The number of hydrogen-bond donors (Lipinski definition) is 1. The van der Waals surface area contributed by atoms with Crippen LogP contribution in [0.3, 0.4) is 0 Å². The molecule has 0 aromatic rings. The lowest BCUT2D eigenvalue weighted by atomic mass is 10.1. The van der Waals surface area contributed by atoms with Crippen LogP contribution in [0.2, 0.25) is 0 Å². The zero-order valence-electron chi connectivity index (χ0n) is 38.7. The van der Waals surface area contributed by atoms with Gasteiger partial charge in [-0.1, -0.05) is 157 Å². The summed E-state index contributed by atoms with van der Waals surface area (Å²) in [6.07, 6.45) is 53.6. The minimum atomic E-state index is -4.40. The SMILES string of the molecule is CC/C=C/C/C=C/C/C=C/C/C=C/C/C=C/CCCCCC(=O)OC[C@H](COP(=O)(O)OCC[N+](C)(C)C)OC(=O)CCC/C=C/C/C=C/CCCCCCCCCCC. The molecule has 1 unspecified atom stereocenters. The van der Waals surface area contributed by atoms with Crippen LogP contribution in [0.25, 0.3) is 0 Å². The Morgan fingerprint density at radius 2 is 0.967 bits per heavy atom. The van der Waals surface area contributed by atoms with Gasteiger partial charge in [-0.15, -0.1) is 0 Å².